The number of carbonyl (C=O) groups excluding carboxylic acids is 1. The lowest BCUT2D eigenvalue weighted by molar-refractivity contribution is 0.0764. The van der Waals surface area contributed by atoms with E-state index in [-0.39, 0.29) is 15.8 Å². The largest absolute Gasteiger partial charge is 0.338 e. The van der Waals surface area contributed by atoms with E-state index in [0.29, 0.717) is 10.7 Å². The Labute approximate surface area is 127 Å². The summed E-state index contributed by atoms with van der Waals surface area (Å²) in [6.07, 6.45) is 0.974. The normalized spacial score (nSPS) is 19.1. The zero-order chi connectivity index (χ0) is 14.0. The highest BCUT2D eigenvalue weighted by Gasteiger charge is 2.27. The van der Waals surface area contributed by atoms with Crippen molar-refractivity contribution in [3.63, 3.8) is 0 Å². The number of halogens is 2. The van der Waals surface area contributed by atoms with Crippen molar-refractivity contribution in [2.45, 2.75) is 25.0 Å². The van der Waals surface area contributed by atoms with Gasteiger partial charge in [-0.05, 0) is 18.6 Å². The van der Waals surface area contributed by atoms with Crippen molar-refractivity contribution in [1.29, 1.82) is 0 Å². The minimum absolute atomic E-state index is 0.0625. The van der Waals surface area contributed by atoms with Gasteiger partial charge in [-0.2, -0.15) is 11.8 Å². The lowest BCUT2D eigenvalue weighted by Crippen LogP contribution is -2.33. The molecule has 0 saturated carbocycles. The molecule has 0 bridgehead atoms. The Kier molecular flexibility index (Phi) is 4.64. The van der Waals surface area contributed by atoms with Crippen LogP contribution in [0.4, 0.5) is 0 Å². The summed E-state index contributed by atoms with van der Waals surface area (Å²) in [5.41, 5.74) is 0.427. The number of amides is 1. The van der Waals surface area contributed by atoms with Crippen molar-refractivity contribution in [1.82, 2.24) is 9.88 Å². The average Bonchev–Trinajstić information content (AvgIpc) is 2.49. The van der Waals surface area contributed by atoms with Crippen LogP contribution in [-0.2, 0) is 0 Å². The number of carbonyl (C=O) groups is 1. The van der Waals surface area contributed by atoms with Gasteiger partial charge in [-0.3, -0.25) is 4.79 Å². The summed E-state index contributed by atoms with van der Waals surface area (Å²) in [6.45, 7) is 5.91. The highest BCUT2D eigenvalue weighted by Crippen LogP contribution is 2.31. The fourth-order valence-electron chi connectivity index (χ4n) is 1.97. The molecule has 0 unspecified atom stereocenters. The van der Waals surface area contributed by atoms with Gasteiger partial charge in [0.2, 0.25) is 0 Å². The number of aromatic nitrogens is 1. The minimum Gasteiger partial charge on any atom is -0.338 e. The van der Waals surface area contributed by atoms with Crippen molar-refractivity contribution in [2.75, 3.05) is 18.8 Å². The van der Waals surface area contributed by atoms with E-state index in [1.165, 1.54) is 0 Å². The highest BCUT2D eigenvalue weighted by atomic mass is 35.5. The fourth-order valence-corrected chi connectivity index (χ4v) is 3.49. The van der Waals surface area contributed by atoms with Crippen LogP contribution in [0, 0.1) is 0 Å². The molecule has 0 atom stereocenters. The molecule has 0 spiro atoms. The van der Waals surface area contributed by atoms with Gasteiger partial charge >= 0.3 is 0 Å². The molecule has 1 aliphatic heterocycles. The number of rotatable bonds is 1. The summed E-state index contributed by atoms with van der Waals surface area (Å²) in [5, 5.41) is 0.475. The van der Waals surface area contributed by atoms with Crippen molar-refractivity contribution >= 4 is 40.9 Å². The third kappa shape index (κ3) is 3.77. The van der Waals surface area contributed by atoms with Crippen LogP contribution in [0.5, 0.6) is 0 Å². The predicted molar refractivity (Wildman–Crippen MR) is 81.3 cm³/mol. The monoisotopic (exact) mass is 318 g/mol. The molecular formula is C13H16Cl2N2OS. The minimum atomic E-state index is -0.0625. The van der Waals surface area contributed by atoms with Crippen molar-refractivity contribution in [3.05, 3.63) is 28.0 Å². The molecule has 1 aliphatic rings. The Morgan fingerprint density at radius 2 is 2.11 bits per heavy atom. The molecule has 6 heteroatoms. The molecule has 1 aromatic heterocycles. The Balaban J connectivity index is 2.15. The maximum Gasteiger partial charge on any atom is 0.257 e. The topological polar surface area (TPSA) is 33.2 Å². The standard InChI is InChI=1S/C13H16Cl2N2OS/c1-13(2)5-6-17(7-8-19-13)12(18)9-3-4-10(14)16-11(9)15/h3-4H,5-8H2,1-2H3. The Morgan fingerprint density at radius 3 is 2.79 bits per heavy atom. The molecule has 2 rings (SSSR count). The first-order chi connectivity index (χ1) is 8.89. The Hall–Kier alpha value is -0.450. The number of hydrogen-bond donors (Lipinski definition) is 0. The number of nitrogens with zero attached hydrogens (tertiary/aromatic N) is 2. The van der Waals surface area contributed by atoms with E-state index < -0.39 is 0 Å². The van der Waals surface area contributed by atoms with Crippen LogP contribution in [0.25, 0.3) is 0 Å². The second-order valence-corrected chi connectivity index (χ2v) is 7.67. The molecular weight excluding hydrogens is 303 g/mol. The van der Waals surface area contributed by atoms with E-state index in [4.69, 9.17) is 23.2 Å². The van der Waals surface area contributed by atoms with Crippen LogP contribution >= 0.6 is 35.0 Å². The zero-order valence-corrected chi connectivity index (χ0v) is 13.3. The summed E-state index contributed by atoms with van der Waals surface area (Å²) < 4.78 is 0.219. The van der Waals surface area contributed by atoms with E-state index in [1.54, 1.807) is 12.1 Å². The van der Waals surface area contributed by atoms with E-state index in [9.17, 15) is 4.79 Å². The summed E-state index contributed by atoms with van der Waals surface area (Å²) in [7, 11) is 0. The van der Waals surface area contributed by atoms with Crippen LogP contribution in [0.1, 0.15) is 30.6 Å². The molecule has 1 fully saturated rings. The van der Waals surface area contributed by atoms with Crippen LogP contribution in [0.3, 0.4) is 0 Å². The maximum absolute atomic E-state index is 12.4. The van der Waals surface area contributed by atoms with Gasteiger partial charge in [0.1, 0.15) is 10.3 Å². The molecule has 0 N–H and O–H groups in total. The Bertz CT molecular complexity index is 494. The van der Waals surface area contributed by atoms with Crippen LogP contribution in [0.15, 0.2) is 12.1 Å². The quantitative estimate of drug-likeness (QED) is 0.739. The number of hydrogen-bond acceptors (Lipinski definition) is 3. The second-order valence-electron chi connectivity index (χ2n) is 5.12. The number of pyridine rings is 1. The summed E-state index contributed by atoms with van der Waals surface area (Å²) in [4.78, 5) is 18.2. The lowest BCUT2D eigenvalue weighted by atomic mass is 10.1. The van der Waals surface area contributed by atoms with Gasteiger partial charge < -0.3 is 4.90 Å². The molecule has 3 nitrogen and oxygen atoms in total. The van der Waals surface area contributed by atoms with Crippen LogP contribution in [-0.4, -0.2) is 39.4 Å². The zero-order valence-electron chi connectivity index (χ0n) is 10.9. The SMILES string of the molecule is CC1(C)CCN(C(=O)c2ccc(Cl)nc2Cl)CCS1. The first-order valence-corrected chi connectivity index (χ1v) is 7.88. The smallest absolute Gasteiger partial charge is 0.257 e. The van der Waals surface area contributed by atoms with Crippen molar-refractivity contribution < 1.29 is 4.79 Å². The predicted octanol–water partition coefficient (Wildman–Crippen LogP) is 3.75. The van der Waals surface area contributed by atoms with Gasteiger partial charge in [-0.1, -0.05) is 37.0 Å². The van der Waals surface area contributed by atoms with Crippen LogP contribution in [0.2, 0.25) is 10.3 Å². The first-order valence-electron chi connectivity index (χ1n) is 6.14. The van der Waals surface area contributed by atoms with Gasteiger partial charge in [0.15, 0.2) is 0 Å². The van der Waals surface area contributed by atoms with E-state index in [1.807, 2.05) is 16.7 Å². The molecule has 104 valence electrons. The summed E-state index contributed by atoms with van der Waals surface area (Å²) in [5.74, 6) is 0.879. The van der Waals surface area contributed by atoms with Gasteiger partial charge in [-0.25, -0.2) is 4.98 Å². The third-order valence-corrected chi connectivity index (χ3v) is 5.04. The first kappa shape index (κ1) is 14.9. The molecule has 0 aromatic carbocycles. The maximum atomic E-state index is 12.4. The molecule has 1 saturated heterocycles. The van der Waals surface area contributed by atoms with Crippen molar-refractivity contribution in [3.8, 4) is 0 Å². The van der Waals surface area contributed by atoms with Gasteiger partial charge in [-0.15, -0.1) is 0 Å². The van der Waals surface area contributed by atoms with Gasteiger partial charge in [0.05, 0.1) is 5.56 Å². The summed E-state index contributed by atoms with van der Waals surface area (Å²) in [6, 6.07) is 3.24. The number of thioether (sulfide) groups is 1. The van der Waals surface area contributed by atoms with E-state index >= 15 is 0 Å². The average molecular weight is 319 g/mol. The lowest BCUT2D eigenvalue weighted by Gasteiger charge is -2.23. The van der Waals surface area contributed by atoms with Crippen LogP contribution < -0.4 is 0 Å². The van der Waals surface area contributed by atoms with Crippen molar-refractivity contribution in [2.24, 2.45) is 0 Å². The molecule has 19 heavy (non-hydrogen) atoms. The molecule has 0 radical (unpaired) electrons. The second kappa shape index (κ2) is 5.90. The molecule has 1 aromatic rings. The molecule has 0 aliphatic carbocycles. The van der Waals surface area contributed by atoms with E-state index in [2.05, 4.69) is 18.8 Å². The van der Waals surface area contributed by atoms with Gasteiger partial charge in [0, 0.05) is 23.6 Å². The van der Waals surface area contributed by atoms with E-state index in [0.717, 1.165) is 25.3 Å². The van der Waals surface area contributed by atoms with Gasteiger partial charge in [0.25, 0.3) is 5.91 Å². The fraction of sp³-hybridized carbons (Fsp3) is 0.538. The molecule has 1 amide bonds. The summed E-state index contributed by atoms with van der Waals surface area (Å²) >= 11 is 13.6. The third-order valence-electron chi connectivity index (χ3n) is 3.17. The highest BCUT2D eigenvalue weighted by molar-refractivity contribution is 8.00. The Morgan fingerprint density at radius 1 is 1.37 bits per heavy atom. The molecule has 2 heterocycles.